The van der Waals surface area contributed by atoms with Crippen molar-refractivity contribution in [3.63, 3.8) is 0 Å². The number of aryl methyl sites for hydroxylation is 4. The number of carboxylic acids is 3. The summed E-state index contributed by atoms with van der Waals surface area (Å²) in [6.45, 7) is 29.1. The highest BCUT2D eigenvalue weighted by Crippen LogP contribution is 2.49. The summed E-state index contributed by atoms with van der Waals surface area (Å²) >= 11 is 6.99. The molecule has 8 aromatic rings. The number of fused-ring (bicyclic) bond motifs is 6. The second-order valence-electron chi connectivity index (χ2n) is 33.9. The number of morpholine rings is 1. The van der Waals surface area contributed by atoms with Gasteiger partial charge in [-0.1, -0.05) is 62.2 Å². The third-order valence-corrected chi connectivity index (χ3v) is 25.0. The van der Waals surface area contributed by atoms with Crippen LogP contribution in [0.2, 0.25) is 0 Å². The fourth-order valence-corrected chi connectivity index (χ4v) is 17.0. The molecule has 5 heterocycles. The molecule has 3 aliphatic carbocycles. The molecule has 6 atom stereocenters. The van der Waals surface area contributed by atoms with Gasteiger partial charge >= 0.3 is 25.0 Å². The zero-order valence-electron chi connectivity index (χ0n) is 69.5. The summed E-state index contributed by atoms with van der Waals surface area (Å²) in [4.78, 5) is 33.1. The van der Waals surface area contributed by atoms with Crippen LogP contribution in [0.25, 0.3) is 11.1 Å². The summed E-state index contributed by atoms with van der Waals surface area (Å²) in [5.74, 6) is 1.41. The minimum Gasteiger partial charge on any atom is -0.493 e. The molecule has 26 heteroatoms. The Kier molecular flexibility index (Phi) is 28.6. The van der Waals surface area contributed by atoms with Gasteiger partial charge in [0.25, 0.3) is 0 Å². The van der Waals surface area contributed by atoms with Gasteiger partial charge in [-0.3, -0.25) is 14.4 Å². The Hall–Kier alpha value is -8.86. The molecule has 2 saturated heterocycles. The van der Waals surface area contributed by atoms with E-state index in [1.807, 2.05) is 110 Å². The van der Waals surface area contributed by atoms with Crippen LogP contribution in [-0.2, 0) is 47.7 Å². The summed E-state index contributed by atoms with van der Waals surface area (Å²) in [6.07, 6.45) is 4.17. The number of hydrogen-bond acceptors (Lipinski definition) is 17. The van der Waals surface area contributed by atoms with E-state index in [1.54, 1.807) is 70.2 Å². The van der Waals surface area contributed by atoms with Crippen LogP contribution in [0.4, 0.5) is 13.2 Å². The molecule has 2 fully saturated rings. The van der Waals surface area contributed by atoms with Crippen molar-refractivity contribution < 1.29 is 105 Å². The zero-order valence-corrected chi connectivity index (χ0v) is 72.7. The van der Waals surface area contributed by atoms with Crippen molar-refractivity contribution in [1.82, 2.24) is 5.32 Å². The molecule has 0 bridgehead atoms. The standard InChI is InChI=1S/C32H35FO6.C25H28BFO6.C19H16BrFO4.C13H19BrO2.C4H9NO/c1-18-13-22(37-12-11-32(3,4)36)14-19(2)30(18)24-7-9-26(33)31-25(24)8-10-27(31)39-21-5-6-23-20(15-29(34)35)17-38-28(23)16-21;1-24(2)25(3,4)33-26(32-24)18-8-9-19(27)23-17(18)7-10-20(23)31-15-5-6-16-14(11-22(28)29)13-30-21(16)12-15;20-14-4-5-15(21)19-13(14)3-6-16(19)25-11-1-2-12-10(7-18(22)23)9-24-17(12)8-11;1-9-7-11(8-10(2)12(9)14)16-6-5-13(3,4)15;1-3-6-4-2-5-1/h5-7,9,13-14,16,20,27,36H,8,10-12,15,17H2,1-4H3,(H,34,35);5-6,8-9,12,14,20H,7,10-11,13H2,1-4H3,(H,28,29);1-2,4-5,8,10,16H,3,6-7,9H2,(H,22,23);7-8,15H,5-6H2,1-4H3;5H,1-4H2/t20-,27-;14-,20-;10-,16-;;/m111../s1. The second kappa shape index (κ2) is 38.1. The van der Waals surface area contributed by atoms with Crippen LogP contribution >= 0.6 is 31.9 Å². The van der Waals surface area contributed by atoms with Gasteiger partial charge < -0.3 is 82.8 Å². The van der Waals surface area contributed by atoms with E-state index in [9.17, 15) is 33.4 Å². The lowest BCUT2D eigenvalue weighted by Gasteiger charge is -2.32. The first-order valence-electron chi connectivity index (χ1n) is 40.7. The van der Waals surface area contributed by atoms with E-state index in [1.165, 1.54) is 29.3 Å². The van der Waals surface area contributed by atoms with E-state index in [-0.39, 0.29) is 60.6 Å². The molecular weight excluding hydrogens is 1660 g/mol. The van der Waals surface area contributed by atoms with Gasteiger partial charge in [0.2, 0.25) is 0 Å². The van der Waals surface area contributed by atoms with Gasteiger partial charge in [-0.2, -0.15) is 0 Å². The number of carboxylic acid groups (broad SMARTS) is 3. The highest BCUT2D eigenvalue weighted by atomic mass is 79.9. The van der Waals surface area contributed by atoms with E-state index in [4.69, 9.17) is 67.3 Å². The Morgan fingerprint density at radius 3 is 1.25 bits per heavy atom. The van der Waals surface area contributed by atoms with Crippen molar-refractivity contribution in [1.29, 1.82) is 0 Å². The number of nitrogens with one attached hydrogen (secondary N) is 1. The Balaban J connectivity index is 0.000000147. The van der Waals surface area contributed by atoms with Crippen molar-refractivity contribution >= 4 is 62.3 Å². The van der Waals surface area contributed by atoms with Crippen molar-refractivity contribution in [3.05, 3.63) is 214 Å². The largest absolute Gasteiger partial charge is 0.495 e. The topological polar surface area (TPSA) is 266 Å². The predicted octanol–water partition coefficient (Wildman–Crippen LogP) is 18.6. The molecule has 8 aliphatic rings. The maximum absolute atomic E-state index is 15.2. The number of hydrogen-bond donors (Lipinski definition) is 6. The van der Waals surface area contributed by atoms with Crippen molar-refractivity contribution in [2.24, 2.45) is 0 Å². The van der Waals surface area contributed by atoms with Crippen molar-refractivity contribution in [2.45, 2.75) is 212 Å². The maximum Gasteiger partial charge on any atom is 0.495 e. The van der Waals surface area contributed by atoms with E-state index < -0.39 is 59.6 Å². The summed E-state index contributed by atoms with van der Waals surface area (Å²) in [5, 5.41) is 49.9. The van der Waals surface area contributed by atoms with Gasteiger partial charge in [-0.25, -0.2) is 13.2 Å². The molecule has 20 nitrogen and oxygen atoms in total. The summed E-state index contributed by atoms with van der Waals surface area (Å²) < 4.78 is 111. The molecule has 119 heavy (non-hydrogen) atoms. The lowest BCUT2D eigenvalue weighted by molar-refractivity contribution is -0.138. The molecule has 6 N–H and O–H groups in total. The van der Waals surface area contributed by atoms with Gasteiger partial charge in [-0.05, 0) is 244 Å². The number of aliphatic carboxylic acids is 3. The first kappa shape index (κ1) is 89.4. The number of halogens is 5. The molecule has 8 aromatic carbocycles. The van der Waals surface area contributed by atoms with E-state index in [0.717, 1.165) is 114 Å². The van der Waals surface area contributed by atoms with Crippen LogP contribution < -0.4 is 48.7 Å². The first-order chi connectivity index (χ1) is 56.4. The van der Waals surface area contributed by atoms with Crippen LogP contribution in [0.3, 0.4) is 0 Å². The monoisotopic (exact) mass is 1770 g/mol. The lowest BCUT2D eigenvalue weighted by atomic mass is 9.75. The molecule has 0 spiro atoms. The average Bonchev–Trinajstić information content (AvgIpc) is 1.66. The quantitative estimate of drug-likeness (QED) is 0.0344. The Labute approximate surface area is 711 Å². The molecule has 0 amide bonds. The number of carbonyl (C=O) groups is 3. The number of benzene rings is 8. The van der Waals surface area contributed by atoms with Gasteiger partial charge in [0, 0.05) is 104 Å². The summed E-state index contributed by atoms with van der Waals surface area (Å²) in [6, 6.07) is 34.0. The lowest BCUT2D eigenvalue weighted by Crippen LogP contribution is -2.41. The third kappa shape index (κ3) is 22.1. The van der Waals surface area contributed by atoms with Crippen LogP contribution in [0.5, 0.6) is 46.0 Å². The number of rotatable bonds is 22. The zero-order chi connectivity index (χ0) is 85.6. The number of aliphatic hydroxyl groups is 2. The Bertz CT molecular complexity index is 4950. The summed E-state index contributed by atoms with van der Waals surface area (Å²) in [7, 11) is -0.553. The highest BCUT2D eigenvalue weighted by molar-refractivity contribution is 9.10. The van der Waals surface area contributed by atoms with Crippen LogP contribution in [0.15, 0.2) is 124 Å². The first-order valence-corrected chi connectivity index (χ1v) is 42.2. The van der Waals surface area contributed by atoms with Crippen LogP contribution in [0.1, 0.15) is 215 Å². The minimum absolute atomic E-state index is 0.0178. The minimum atomic E-state index is -0.857. The smallest absolute Gasteiger partial charge is 0.493 e. The normalized spacial score (nSPS) is 19.7. The van der Waals surface area contributed by atoms with Crippen molar-refractivity contribution in [2.75, 3.05) is 59.3 Å². The molecular formula is C93H107BBr2F3NO19. The van der Waals surface area contributed by atoms with Gasteiger partial charge in [0.1, 0.15) is 81.8 Å². The second-order valence-corrected chi connectivity index (χ2v) is 35.5. The molecule has 5 aliphatic heterocycles. The van der Waals surface area contributed by atoms with Crippen molar-refractivity contribution in [3.8, 4) is 57.1 Å². The van der Waals surface area contributed by atoms with Crippen LogP contribution in [0, 0.1) is 45.1 Å². The molecule has 0 radical (unpaired) electrons. The SMILES string of the molecule is C1COCCN1.CC1(C)OB(c2ccc(F)c3c2CC[C@H]3Oc2ccc3c(c2)OC[C@H]3CC(=O)O)OC1(C)C.Cc1cc(OCCC(C)(C)O)cc(C)c1-c1ccc(F)c2c1CC[C@H]2Oc1ccc2c(c1)OC[C@H]2CC(=O)O.Cc1cc(OCCC(C)(C)O)cc(C)c1Br.O=C(O)C[C@@H]1COc2cc(O[C@@H]3CCc4c(Br)ccc(F)c43)ccc21. The molecule has 636 valence electrons. The van der Waals surface area contributed by atoms with E-state index in [2.05, 4.69) is 37.2 Å². The predicted molar refractivity (Wildman–Crippen MR) is 454 cm³/mol. The third-order valence-electron chi connectivity index (χ3n) is 23.0. The van der Waals surface area contributed by atoms with E-state index in [0.29, 0.717) is 129 Å². The van der Waals surface area contributed by atoms with E-state index >= 15 is 4.39 Å². The highest BCUT2D eigenvalue weighted by Gasteiger charge is 2.53. The van der Waals surface area contributed by atoms with Gasteiger partial charge in [-0.15, -0.1) is 0 Å². The Morgan fingerprint density at radius 2 is 0.866 bits per heavy atom. The fourth-order valence-electron chi connectivity index (χ4n) is 16.2. The van der Waals surface area contributed by atoms with Crippen LogP contribution in [-0.4, -0.2) is 132 Å². The average molecular weight is 1770 g/mol. The van der Waals surface area contributed by atoms with Gasteiger partial charge in [0.05, 0.1) is 87.9 Å². The molecule has 16 rings (SSSR count). The molecule has 0 saturated carbocycles. The Morgan fingerprint density at radius 1 is 0.496 bits per heavy atom. The maximum atomic E-state index is 15.2. The van der Waals surface area contributed by atoms with Gasteiger partial charge in [0.15, 0.2) is 0 Å². The number of ether oxygens (including phenoxy) is 9. The fraction of sp³-hybridized carbons (Fsp3) is 0.452. The molecule has 0 aromatic heterocycles. The summed E-state index contributed by atoms with van der Waals surface area (Å²) in [5.41, 5.74) is 12.1. The molecule has 0 unspecified atom stereocenters.